The summed E-state index contributed by atoms with van der Waals surface area (Å²) in [6.07, 6.45) is 1.51. The Hall–Kier alpha value is -0.690. The van der Waals surface area contributed by atoms with Crippen LogP contribution in [0.1, 0.15) is 26.2 Å². The van der Waals surface area contributed by atoms with Crippen LogP contribution in [0, 0.1) is 5.92 Å². The van der Waals surface area contributed by atoms with Crippen LogP contribution in [0.5, 0.6) is 0 Å². The minimum atomic E-state index is -2.90. The van der Waals surface area contributed by atoms with Crippen LogP contribution in [0.25, 0.3) is 0 Å². The maximum Gasteiger partial charge on any atom is 0.230 e. The fraction of sp³-hybridized carbons (Fsp3) is 0.800. The Kier molecular flexibility index (Phi) is 4.88. The average Bonchev–Trinajstić information content (AvgIpc) is 2.21. The Morgan fingerprint density at radius 2 is 2.00 bits per heavy atom. The molecule has 1 saturated heterocycles. The van der Waals surface area contributed by atoms with Crippen molar-refractivity contribution in [2.75, 3.05) is 11.5 Å². The van der Waals surface area contributed by atoms with Gasteiger partial charge in [-0.25, -0.2) is 8.42 Å². The highest BCUT2D eigenvalue weighted by molar-refractivity contribution is 7.91. The van der Waals surface area contributed by atoms with Crippen molar-refractivity contribution in [1.29, 1.82) is 0 Å². The van der Waals surface area contributed by atoms with Crippen molar-refractivity contribution in [2.45, 2.75) is 32.2 Å². The molecule has 0 spiro atoms. The summed E-state index contributed by atoms with van der Waals surface area (Å²) in [6.45, 7) is 1.84. The smallest absolute Gasteiger partial charge is 0.230 e. The van der Waals surface area contributed by atoms with Gasteiger partial charge in [0.2, 0.25) is 5.91 Å². The molecule has 0 bridgehead atoms. The molecule has 3 N–H and O–H groups in total. The second-order valence-electron chi connectivity index (χ2n) is 4.30. The van der Waals surface area contributed by atoms with Gasteiger partial charge in [-0.15, -0.1) is 0 Å². The first-order chi connectivity index (χ1) is 7.85. The van der Waals surface area contributed by atoms with Gasteiger partial charge in [-0.1, -0.05) is 19.1 Å². The number of rotatable bonds is 4. The summed E-state index contributed by atoms with van der Waals surface area (Å²) in [5.41, 5.74) is 5.47. The van der Waals surface area contributed by atoms with E-state index in [0.717, 1.165) is 0 Å². The Morgan fingerprint density at radius 1 is 1.47 bits per heavy atom. The number of sulfone groups is 1. The molecule has 1 heterocycles. The third kappa shape index (κ3) is 4.23. The first-order valence-corrected chi connectivity index (χ1v) is 7.89. The average molecular weight is 278 g/mol. The third-order valence-electron chi connectivity index (χ3n) is 2.97. The van der Waals surface area contributed by atoms with Crippen molar-refractivity contribution in [3.63, 3.8) is 0 Å². The molecule has 98 valence electrons. The number of hydrogen-bond donors (Lipinski definition) is 2. The van der Waals surface area contributed by atoms with Gasteiger partial charge in [0, 0.05) is 6.04 Å². The fourth-order valence-corrected chi connectivity index (χ4v) is 3.62. The molecule has 0 radical (unpaired) electrons. The van der Waals surface area contributed by atoms with Crippen molar-refractivity contribution in [3.8, 4) is 0 Å². The molecule has 1 unspecified atom stereocenters. The molecule has 5 nitrogen and oxygen atoms in total. The summed E-state index contributed by atoms with van der Waals surface area (Å²) in [5.74, 6) is -0.364. The van der Waals surface area contributed by atoms with Crippen LogP contribution in [0.4, 0.5) is 0 Å². The van der Waals surface area contributed by atoms with E-state index in [0.29, 0.717) is 19.3 Å². The lowest BCUT2D eigenvalue weighted by Crippen LogP contribution is -2.45. The minimum absolute atomic E-state index is 0.0746. The van der Waals surface area contributed by atoms with Crippen LogP contribution in [-0.4, -0.2) is 36.9 Å². The summed E-state index contributed by atoms with van der Waals surface area (Å²) in [6, 6.07) is -0.0746. The molecular formula is C10H18N2O3S2. The van der Waals surface area contributed by atoms with Gasteiger partial charge in [0.15, 0.2) is 0 Å². The number of thiocarbonyl (C=S) groups is 1. The van der Waals surface area contributed by atoms with E-state index in [4.69, 9.17) is 18.0 Å². The van der Waals surface area contributed by atoms with Gasteiger partial charge in [0.25, 0.3) is 0 Å². The molecule has 7 heteroatoms. The molecule has 0 aromatic rings. The van der Waals surface area contributed by atoms with Crippen LogP contribution in [-0.2, 0) is 14.6 Å². The van der Waals surface area contributed by atoms with E-state index in [1.54, 1.807) is 0 Å². The molecule has 0 saturated carbocycles. The summed E-state index contributed by atoms with van der Waals surface area (Å²) < 4.78 is 22.5. The first-order valence-electron chi connectivity index (χ1n) is 5.66. The maximum absolute atomic E-state index is 11.8. The molecule has 0 aromatic heterocycles. The SMILES string of the molecule is CCC(C(=O)NC1CCS(=O)(=O)CC1)C(N)=S. The molecule has 17 heavy (non-hydrogen) atoms. The van der Waals surface area contributed by atoms with E-state index < -0.39 is 15.8 Å². The second kappa shape index (κ2) is 5.77. The Morgan fingerprint density at radius 3 is 2.41 bits per heavy atom. The topological polar surface area (TPSA) is 89.3 Å². The van der Waals surface area contributed by atoms with Crippen molar-refractivity contribution in [1.82, 2.24) is 5.32 Å². The lowest BCUT2D eigenvalue weighted by Gasteiger charge is -2.25. The van der Waals surface area contributed by atoms with E-state index in [2.05, 4.69) is 5.32 Å². The molecule has 0 aliphatic carbocycles. The Labute approximate surface area is 107 Å². The molecule has 1 atom stereocenters. The molecule has 1 aliphatic heterocycles. The first kappa shape index (κ1) is 14.4. The number of carbonyl (C=O) groups is 1. The molecule has 1 rings (SSSR count). The number of nitrogens with two attached hydrogens (primary N) is 1. The van der Waals surface area contributed by atoms with Crippen LogP contribution in [0.2, 0.25) is 0 Å². The summed E-state index contributed by atoms with van der Waals surface area (Å²) in [4.78, 5) is 12.0. The zero-order chi connectivity index (χ0) is 13.1. The highest BCUT2D eigenvalue weighted by Gasteiger charge is 2.27. The molecule has 0 aromatic carbocycles. The van der Waals surface area contributed by atoms with Gasteiger partial charge in [-0.05, 0) is 19.3 Å². The largest absolute Gasteiger partial charge is 0.393 e. The third-order valence-corrected chi connectivity index (χ3v) is 4.97. The molecule has 1 aliphatic rings. The number of hydrogen-bond acceptors (Lipinski definition) is 4. The fourth-order valence-electron chi connectivity index (χ4n) is 1.85. The summed E-state index contributed by atoms with van der Waals surface area (Å²) >= 11 is 4.82. The number of nitrogens with one attached hydrogen (secondary N) is 1. The van der Waals surface area contributed by atoms with Gasteiger partial charge in [0.05, 0.1) is 22.4 Å². The zero-order valence-electron chi connectivity index (χ0n) is 9.81. The second-order valence-corrected chi connectivity index (χ2v) is 7.07. The quantitative estimate of drug-likeness (QED) is 0.706. The van der Waals surface area contributed by atoms with Crippen molar-refractivity contribution in [2.24, 2.45) is 11.7 Å². The molecular weight excluding hydrogens is 260 g/mol. The summed E-state index contributed by atoms with van der Waals surface area (Å²) in [7, 11) is -2.90. The van der Waals surface area contributed by atoms with Crippen LogP contribution >= 0.6 is 12.2 Å². The number of amides is 1. The Balaban J connectivity index is 2.50. The van der Waals surface area contributed by atoms with E-state index in [-0.39, 0.29) is 28.4 Å². The van der Waals surface area contributed by atoms with Gasteiger partial charge in [-0.2, -0.15) is 0 Å². The van der Waals surface area contributed by atoms with Crippen LogP contribution in [0.15, 0.2) is 0 Å². The standard InChI is InChI=1S/C10H18N2O3S2/c1-2-8(9(11)16)10(13)12-7-3-5-17(14,15)6-4-7/h7-8H,2-6H2,1H3,(H2,11,16)(H,12,13). The normalized spacial score (nSPS) is 21.7. The Bertz CT molecular complexity index is 392. The monoisotopic (exact) mass is 278 g/mol. The van der Waals surface area contributed by atoms with Gasteiger partial charge >= 0.3 is 0 Å². The van der Waals surface area contributed by atoms with Crippen molar-refractivity contribution < 1.29 is 13.2 Å². The van der Waals surface area contributed by atoms with Crippen LogP contribution in [0.3, 0.4) is 0 Å². The zero-order valence-corrected chi connectivity index (χ0v) is 11.4. The lowest BCUT2D eigenvalue weighted by atomic mass is 10.0. The van der Waals surface area contributed by atoms with Crippen molar-refractivity contribution in [3.05, 3.63) is 0 Å². The van der Waals surface area contributed by atoms with E-state index in [9.17, 15) is 13.2 Å². The highest BCUT2D eigenvalue weighted by atomic mass is 32.2. The van der Waals surface area contributed by atoms with Crippen molar-refractivity contribution >= 4 is 33.0 Å². The van der Waals surface area contributed by atoms with Gasteiger partial charge < -0.3 is 11.1 Å². The van der Waals surface area contributed by atoms with Crippen LogP contribution < -0.4 is 11.1 Å². The molecule has 1 fully saturated rings. The van der Waals surface area contributed by atoms with Gasteiger partial charge in [0.1, 0.15) is 9.84 Å². The lowest BCUT2D eigenvalue weighted by molar-refractivity contribution is -0.123. The number of carbonyl (C=O) groups excluding carboxylic acids is 1. The van der Waals surface area contributed by atoms with E-state index >= 15 is 0 Å². The summed E-state index contributed by atoms with van der Waals surface area (Å²) in [5, 5.41) is 2.82. The predicted molar refractivity (Wildman–Crippen MR) is 70.4 cm³/mol. The maximum atomic E-state index is 11.8. The van der Waals surface area contributed by atoms with E-state index in [1.165, 1.54) is 0 Å². The minimum Gasteiger partial charge on any atom is -0.393 e. The predicted octanol–water partition coefficient (Wildman–Crippen LogP) is -0.00790. The molecule has 1 amide bonds. The van der Waals surface area contributed by atoms with Gasteiger partial charge in [-0.3, -0.25) is 4.79 Å². The van der Waals surface area contributed by atoms with E-state index in [1.807, 2.05) is 6.92 Å². The highest BCUT2D eigenvalue weighted by Crippen LogP contribution is 2.13.